The number of fused-ring (bicyclic) bond motifs is 1. The molecule has 0 aliphatic carbocycles. The number of para-hydroxylation sites is 1. The zero-order chi connectivity index (χ0) is 15.4. The van der Waals surface area contributed by atoms with E-state index in [0.717, 1.165) is 11.3 Å². The van der Waals surface area contributed by atoms with E-state index in [9.17, 15) is 4.79 Å². The van der Waals surface area contributed by atoms with Gasteiger partial charge in [-0.1, -0.05) is 30.3 Å². The van der Waals surface area contributed by atoms with Crippen molar-refractivity contribution in [2.45, 2.75) is 6.92 Å². The Labute approximate surface area is 128 Å². The highest BCUT2D eigenvalue weighted by atomic mass is 16.5. The lowest BCUT2D eigenvalue weighted by Crippen LogP contribution is -2.09. The van der Waals surface area contributed by atoms with Crippen LogP contribution in [-0.4, -0.2) is 16.6 Å². The van der Waals surface area contributed by atoms with Gasteiger partial charge in [0, 0.05) is 0 Å². The maximum atomic E-state index is 12.0. The van der Waals surface area contributed by atoms with Crippen LogP contribution in [-0.2, 0) is 0 Å². The predicted molar refractivity (Wildman–Crippen MR) is 88.9 cm³/mol. The monoisotopic (exact) mass is 292 g/mol. The Bertz CT molecular complexity index is 864. The van der Waals surface area contributed by atoms with Gasteiger partial charge in [0.15, 0.2) is 0 Å². The van der Waals surface area contributed by atoms with Crippen molar-refractivity contribution in [3.05, 3.63) is 70.3 Å². The molecule has 110 valence electrons. The minimum absolute atomic E-state index is 0.128. The lowest BCUT2D eigenvalue weighted by atomic mass is 10.2. The molecule has 0 unspecified atom stereocenters. The van der Waals surface area contributed by atoms with Gasteiger partial charge in [0.1, 0.15) is 11.6 Å². The lowest BCUT2D eigenvalue weighted by molar-refractivity contribution is 0.340. The number of hydrogen-bond acceptors (Lipinski definition) is 3. The molecule has 0 fully saturated rings. The molecule has 1 N–H and O–H groups in total. The largest absolute Gasteiger partial charge is 0.494 e. The third-order valence-electron chi connectivity index (χ3n) is 3.26. The molecule has 0 saturated carbocycles. The summed E-state index contributed by atoms with van der Waals surface area (Å²) in [6, 6.07) is 15.0. The third-order valence-corrected chi connectivity index (χ3v) is 3.26. The smallest absolute Gasteiger partial charge is 0.259 e. The van der Waals surface area contributed by atoms with Gasteiger partial charge >= 0.3 is 0 Å². The molecule has 1 aromatic heterocycles. The molecule has 3 aromatic rings. The molecule has 22 heavy (non-hydrogen) atoms. The second-order valence-electron chi connectivity index (χ2n) is 4.80. The van der Waals surface area contributed by atoms with Crippen LogP contribution < -0.4 is 10.3 Å². The zero-order valence-electron chi connectivity index (χ0n) is 12.2. The summed E-state index contributed by atoms with van der Waals surface area (Å²) in [5, 5.41) is 0.598. The zero-order valence-corrected chi connectivity index (χ0v) is 12.2. The fourth-order valence-corrected chi connectivity index (χ4v) is 2.20. The van der Waals surface area contributed by atoms with Crippen LogP contribution in [0.2, 0.25) is 0 Å². The average Bonchev–Trinajstić information content (AvgIpc) is 2.55. The molecule has 4 heteroatoms. The fourth-order valence-electron chi connectivity index (χ4n) is 2.20. The Balaban J connectivity index is 1.87. The molecule has 0 bridgehead atoms. The highest BCUT2D eigenvalue weighted by molar-refractivity contribution is 5.79. The molecule has 3 rings (SSSR count). The van der Waals surface area contributed by atoms with Gasteiger partial charge in [0.25, 0.3) is 5.56 Å². The summed E-state index contributed by atoms with van der Waals surface area (Å²) >= 11 is 0. The third kappa shape index (κ3) is 3.06. The standard InChI is InChI=1S/C18H16N2O2/c1-2-22-14-10-7-13(8-11-14)9-12-17-19-16-6-4-3-5-15(16)18(21)20-17/h3-12H,2H2,1H3,(H,19,20,21)/b12-9+. The average molecular weight is 292 g/mol. The number of aromatic nitrogens is 2. The van der Waals surface area contributed by atoms with Crippen LogP contribution in [0.3, 0.4) is 0 Å². The molecule has 0 saturated heterocycles. The van der Waals surface area contributed by atoms with Gasteiger partial charge in [0.2, 0.25) is 0 Å². The van der Waals surface area contributed by atoms with Gasteiger partial charge in [-0.2, -0.15) is 0 Å². The van der Waals surface area contributed by atoms with Crippen LogP contribution in [0, 0.1) is 0 Å². The van der Waals surface area contributed by atoms with E-state index in [2.05, 4.69) is 9.97 Å². The van der Waals surface area contributed by atoms with Crippen LogP contribution in [0.1, 0.15) is 18.3 Å². The van der Waals surface area contributed by atoms with E-state index >= 15 is 0 Å². The fraction of sp³-hybridized carbons (Fsp3) is 0.111. The number of nitrogens with one attached hydrogen (secondary N) is 1. The van der Waals surface area contributed by atoms with Crippen LogP contribution in [0.4, 0.5) is 0 Å². The van der Waals surface area contributed by atoms with E-state index < -0.39 is 0 Å². The van der Waals surface area contributed by atoms with Crippen molar-refractivity contribution in [3.63, 3.8) is 0 Å². The highest BCUT2D eigenvalue weighted by Gasteiger charge is 2.00. The minimum atomic E-state index is -0.128. The first-order valence-electron chi connectivity index (χ1n) is 7.16. The molecule has 4 nitrogen and oxygen atoms in total. The maximum Gasteiger partial charge on any atom is 0.259 e. The van der Waals surface area contributed by atoms with Gasteiger partial charge < -0.3 is 9.72 Å². The molecular formula is C18H16N2O2. The minimum Gasteiger partial charge on any atom is -0.494 e. The van der Waals surface area contributed by atoms with E-state index in [4.69, 9.17) is 4.74 Å². The van der Waals surface area contributed by atoms with Crippen molar-refractivity contribution < 1.29 is 4.74 Å². The molecular weight excluding hydrogens is 276 g/mol. The maximum absolute atomic E-state index is 12.0. The first kappa shape index (κ1) is 14.1. The van der Waals surface area contributed by atoms with Crippen molar-refractivity contribution in [3.8, 4) is 5.75 Å². The Morgan fingerprint density at radius 2 is 1.86 bits per heavy atom. The van der Waals surface area contributed by atoms with E-state index in [1.165, 1.54) is 0 Å². The molecule has 0 aliphatic rings. The summed E-state index contributed by atoms with van der Waals surface area (Å²) in [6.45, 7) is 2.60. The van der Waals surface area contributed by atoms with E-state index in [1.807, 2.05) is 55.5 Å². The molecule has 0 spiro atoms. The first-order chi connectivity index (χ1) is 10.8. The molecule has 2 aromatic carbocycles. The Morgan fingerprint density at radius 1 is 1.09 bits per heavy atom. The van der Waals surface area contributed by atoms with Crippen molar-refractivity contribution in [1.82, 2.24) is 9.97 Å². The number of hydrogen-bond donors (Lipinski definition) is 1. The number of ether oxygens (including phenoxy) is 1. The highest BCUT2D eigenvalue weighted by Crippen LogP contribution is 2.14. The van der Waals surface area contributed by atoms with Gasteiger partial charge in [0.05, 0.1) is 17.5 Å². The van der Waals surface area contributed by atoms with Crippen molar-refractivity contribution in [1.29, 1.82) is 0 Å². The topological polar surface area (TPSA) is 55.0 Å². The second kappa shape index (κ2) is 6.26. The summed E-state index contributed by atoms with van der Waals surface area (Å²) in [4.78, 5) is 19.2. The van der Waals surface area contributed by atoms with Gasteiger partial charge in [-0.25, -0.2) is 4.98 Å². The lowest BCUT2D eigenvalue weighted by Gasteiger charge is -2.02. The Kier molecular flexibility index (Phi) is 4.01. The molecule has 0 atom stereocenters. The van der Waals surface area contributed by atoms with Gasteiger partial charge in [-0.05, 0) is 42.8 Å². The normalized spacial score (nSPS) is 11.1. The number of rotatable bonds is 4. The molecule has 1 heterocycles. The van der Waals surface area contributed by atoms with Crippen LogP contribution in [0.5, 0.6) is 5.75 Å². The van der Waals surface area contributed by atoms with E-state index in [1.54, 1.807) is 12.1 Å². The number of benzene rings is 2. The number of nitrogens with zero attached hydrogens (tertiary/aromatic N) is 1. The number of H-pyrrole nitrogens is 1. The second-order valence-corrected chi connectivity index (χ2v) is 4.80. The van der Waals surface area contributed by atoms with Crippen LogP contribution in [0.25, 0.3) is 23.1 Å². The quantitative estimate of drug-likeness (QED) is 0.800. The van der Waals surface area contributed by atoms with Crippen LogP contribution >= 0.6 is 0 Å². The van der Waals surface area contributed by atoms with Gasteiger partial charge in [-0.3, -0.25) is 4.79 Å². The summed E-state index contributed by atoms with van der Waals surface area (Å²) < 4.78 is 5.40. The van der Waals surface area contributed by atoms with Crippen LogP contribution in [0.15, 0.2) is 53.3 Å². The predicted octanol–water partition coefficient (Wildman–Crippen LogP) is 3.49. The molecule has 0 aliphatic heterocycles. The van der Waals surface area contributed by atoms with Gasteiger partial charge in [-0.15, -0.1) is 0 Å². The number of aromatic amines is 1. The van der Waals surface area contributed by atoms with Crippen molar-refractivity contribution in [2.75, 3.05) is 6.61 Å². The summed E-state index contributed by atoms with van der Waals surface area (Å²) in [7, 11) is 0. The molecule has 0 radical (unpaired) electrons. The summed E-state index contributed by atoms with van der Waals surface area (Å²) in [6.07, 6.45) is 3.70. The first-order valence-corrected chi connectivity index (χ1v) is 7.16. The van der Waals surface area contributed by atoms with Crippen molar-refractivity contribution >= 4 is 23.1 Å². The van der Waals surface area contributed by atoms with E-state index in [-0.39, 0.29) is 5.56 Å². The summed E-state index contributed by atoms with van der Waals surface area (Å²) in [5.74, 6) is 1.38. The van der Waals surface area contributed by atoms with Crippen molar-refractivity contribution in [2.24, 2.45) is 0 Å². The van der Waals surface area contributed by atoms with E-state index in [0.29, 0.717) is 23.3 Å². The SMILES string of the molecule is CCOc1ccc(/C=C/c2nc3ccccc3c(=O)[nH]2)cc1. The molecule has 0 amide bonds. The Hall–Kier alpha value is -2.88. The Morgan fingerprint density at radius 3 is 2.64 bits per heavy atom. The summed E-state index contributed by atoms with van der Waals surface area (Å²) in [5.41, 5.74) is 1.58.